The molecule has 0 saturated carbocycles. The normalized spacial score (nSPS) is 13.4. The van der Waals surface area contributed by atoms with Crippen LogP contribution in [0.5, 0.6) is 0 Å². The summed E-state index contributed by atoms with van der Waals surface area (Å²) in [6.45, 7) is 4.82. The van der Waals surface area contributed by atoms with Gasteiger partial charge in [-0.15, -0.1) is 10.2 Å². The predicted molar refractivity (Wildman–Crippen MR) is 101 cm³/mol. The van der Waals surface area contributed by atoms with Crippen LogP contribution in [-0.2, 0) is 0 Å². The summed E-state index contributed by atoms with van der Waals surface area (Å²) in [5.74, 6) is 1.52. The first-order chi connectivity index (χ1) is 12.6. The van der Waals surface area contributed by atoms with Gasteiger partial charge >= 0.3 is 0 Å². The molecule has 4 rings (SSSR count). The molecule has 0 aliphatic carbocycles. The van der Waals surface area contributed by atoms with Gasteiger partial charge in [-0.05, 0) is 38.1 Å². The van der Waals surface area contributed by atoms with Crippen molar-refractivity contribution >= 4 is 23.0 Å². The Hall–Kier alpha value is -3.22. The molecule has 26 heavy (non-hydrogen) atoms. The topological polar surface area (TPSA) is 84.7 Å². The Morgan fingerprint density at radius 3 is 2.88 bits per heavy atom. The molecule has 0 saturated heterocycles. The van der Waals surface area contributed by atoms with Crippen molar-refractivity contribution in [1.29, 1.82) is 0 Å². The van der Waals surface area contributed by atoms with Gasteiger partial charge in [0, 0.05) is 24.7 Å². The van der Waals surface area contributed by atoms with Gasteiger partial charge in [0.15, 0.2) is 11.6 Å². The summed E-state index contributed by atoms with van der Waals surface area (Å²) in [7, 11) is 0. The van der Waals surface area contributed by atoms with Crippen molar-refractivity contribution < 1.29 is 4.79 Å². The third kappa shape index (κ3) is 2.92. The Morgan fingerprint density at radius 1 is 1.19 bits per heavy atom. The van der Waals surface area contributed by atoms with Crippen LogP contribution in [0.25, 0.3) is 11.5 Å². The Morgan fingerprint density at radius 2 is 2.04 bits per heavy atom. The number of nitrogens with one attached hydrogen (secondary N) is 2. The van der Waals surface area contributed by atoms with Gasteiger partial charge in [-0.3, -0.25) is 4.79 Å². The van der Waals surface area contributed by atoms with E-state index in [1.807, 2.05) is 41.0 Å². The molecule has 2 N–H and O–H groups in total. The van der Waals surface area contributed by atoms with Crippen molar-refractivity contribution in [1.82, 2.24) is 19.7 Å². The van der Waals surface area contributed by atoms with Gasteiger partial charge in [0.2, 0.25) is 0 Å². The van der Waals surface area contributed by atoms with Crippen LogP contribution in [0.2, 0.25) is 0 Å². The van der Waals surface area contributed by atoms with Crippen molar-refractivity contribution in [3.63, 3.8) is 0 Å². The molecule has 7 nitrogen and oxygen atoms in total. The molecule has 1 aliphatic heterocycles. The molecule has 0 unspecified atom stereocenters. The Bertz CT molecular complexity index is 962. The zero-order valence-corrected chi connectivity index (χ0v) is 14.7. The first-order valence-electron chi connectivity index (χ1n) is 8.67. The van der Waals surface area contributed by atoms with Crippen LogP contribution in [0.4, 0.5) is 17.2 Å². The van der Waals surface area contributed by atoms with E-state index < -0.39 is 0 Å². The van der Waals surface area contributed by atoms with Crippen LogP contribution < -0.4 is 10.6 Å². The summed E-state index contributed by atoms with van der Waals surface area (Å²) in [6, 6.07) is 11.7. The smallest absolute Gasteiger partial charge is 0.182 e. The van der Waals surface area contributed by atoms with Crippen LogP contribution in [0, 0.1) is 0 Å². The minimum absolute atomic E-state index is 0.137. The quantitative estimate of drug-likeness (QED) is 0.748. The zero-order valence-electron chi connectivity index (χ0n) is 14.7. The van der Waals surface area contributed by atoms with Gasteiger partial charge < -0.3 is 15.2 Å². The molecule has 3 aromatic rings. The van der Waals surface area contributed by atoms with Gasteiger partial charge in [0.25, 0.3) is 0 Å². The summed E-state index contributed by atoms with van der Waals surface area (Å²) in [5.41, 5.74) is 3.04. The largest absolute Gasteiger partial charge is 0.384 e. The minimum Gasteiger partial charge on any atom is -0.384 e. The van der Waals surface area contributed by atoms with E-state index >= 15 is 0 Å². The lowest BCUT2D eigenvalue weighted by atomic mass is 10.00. The van der Waals surface area contributed by atoms with E-state index in [1.165, 1.54) is 0 Å². The van der Waals surface area contributed by atoms with Crippen LogP contribution >= 0.6 is 0 Å². The summed E-state index contributed by atoms with van der Waals surface area (Å²) in [5, 5.41) is 14.8. The minimum atomic E-state index is 0.137. The highest BCUT2D eigenvalue weighted by atomic mass is 16.1. The molecule has 2 aromatic heterocycles. The second-order valence-corrected chi connectivity index (χ2v) is 6.52. The number of nitrogens with zero attached hydrogens (tertiary/aromatic N) is 4. The molecule has 0 fully saturated rings. The van der Waals surface area contributed by atoms with Crippen molar-refractivity contribution in [2.75, 3.05) is 17.2 Å². The number of rotatable bonds is 4. The third-order valence-electron chi connectivity index (χ3n) is 4.38. The summed E-state index contributed by atoms with van der Waals surface area (Å²) in [6.07, 6.45) is 2.20. The number of carbonyl (C=O) groups is 1. The second kappa shape index (κ2) is 6.59. The molecule has 0 bridgehead atoms. The maximum absolute atomic E-state index is 12.3. The maximum atomic E-state index is 12.3. The number of anilines is 3. The average molecular weight is 348 g/mol. The molecular formula is C19H20N6O. The number of fused-ring (bicyclic) bond motifs is 1. The zero-order chi connectivity index (χ0) is 18.1. The molecule has 1 aliphatic rings. The molecule has 132 valence electrons. The SMILES string of the molecule is CC(C)n1cnnc1-c1cccc(Nc2cccc3c2C(=O)CCN3)n1. The number of pyridine rings is 1. The van der Waals surface area contributed by atoms with Crippen molar-refractivity contribution in [3.05, 3.63) is 48.3 Å². The van der Waals surface area contributed by atoms with Crippen molar-refractivity contribution in [2.24, 2.45) is 0 Å². The highest BCUT2D eigenvalue weighted by molar-refractivity contribution is 6.08. The van der Waals surface area contributed by atoms with Crippen molar-refractivity contribution in [3.8, 4) is 11.5 Å². The molecule has 0 atom stereocenters. The van der Waals surface area contributed by atoms with E-state index in [4.69, 9.17) is 0 Å². The second-order valence-electron chi connectivity index (χ2n) is 6.52. The van der Waals surface area contributed by atoms with E-state index in [0.717, 1.165) is 22.9 Å². The number of hydrogen-bond donors (Lipinski definition) is 2. The number of carbonyl (C=O) groups excluding carboxylic acids is 1. The molecular weight excluding hydrogens is 328 g/mol. The molecule has 0 radical (unpaired) electrons. The number of benzene rings is 1. The Labute approximate surface area is 151 Å². The molecule has 3 heterocycles. The van der Waals surface area contributed by atoms with Gasteiger partial charge in [0.1, 0.15) is 17.8 Å². The third-order valence-corrected chi connectivity index (χ3v) is 4.38. The molecule has 0 amide bonds. The lowest BCUT2D eigenvalue weighted by Crippen LogP contribution is -2.19. The fourth-order valence-corrected chi connectivity index (χ4v) is 3.11. The number of aromatic nitrogens is 4. The van der Waals surface area contributed by atoms with E-state index in [0.29, 0.717) is 24.3 Å². The number of ketones is 1. The Balaban J connectivity index is 1.69. The molecule has 1 aromatic carbocycles. The monoisotopic (exact) mass is 348 g/mol. The first kappa shape index (κ1) is 16.3. The average Bonchev–Trinajstić information content (AvgIpc) is 3.12. The fourth-order valence-electron chi connectivity index (χ4n) is 3.11. The summed E-state index contributed by atoms with van der Waals surface area (Å²) < 4.78 is 1.98. The van der Waals surface area contributed by atoms with Gasteiger partial charge in [-0.2, -0.15) is 0 Å². The number of hydrogen-bond acceptors (Lipinski definition) is 6. The molecule has 0 spiro atoms. The van der Waals surface area contributed by atoms with Gasteiger partial charge in [-0.1, -0.05) is 12.1 Å². The molecule has 7 heteroatoms. The van der Waals surface area contributed by atoms with Crippen LogP contribution in [0.1, 0.15) is 36.7 Å². The van der Waals surface area contributed by atoms with E-state index in [2.05, 4.69) is 39.7 Å². The predicted octanol–water partition coefficient (Wildman–Crippen LogP) is 3.66. The van der Waals surface area contributed by atoms with Crippen molar-refractivity contribution in [2.45, 2.75) is 26.3 Å². The highest BCUT2D eigenvalue weighted by Gasteiger charge is 2.20. The lowest BCUT2D eigenvalue weighted by Gasteiger charge is -2.20. The summed E-state index contributed by atoms with van der Waals surface area (Å²) in [4.78, 5) is 17.0. The Kier molecular flexibility index (Phi) is 4.12. The standard InChI is InChI=1S/C19H20N6O/c1-12(2)25-11-21-24-19(25)15-7-4-8-17(23-15)22-14-6-3-5-13-18(14)16(26)9-10-20-13/h3-8,11-12,20H,9-10H2,1-2H3,(H,22,23). The van der Waals surface area contributed by atoms with E-state index in [-0.39, 0.29) is 11.8 Å². The van der Waals surface area contributed by atoms with E-state index in [9.17, 15) is 4.79 Å². The van der Waals surface area contributed by atoms with Gasteiger partial charge in [-0.25, -0.2) is 4.98 Å². The van der Waals surface area contributed by atoms with E-state index in [1.54, 1.807) is 6.33 Å². The van der Waals surface area contributed by atoms with Crippen LogP contribution in [-0.4, -0.2) is 32.1 Å². The maximum Gasteiger partial charge on any atom is 0.182 e. The highest BCUT2D eigenvalue weighted by Crippen LogP contribution is 2.31. The lowest BCUT2D eigenvalue weighted by molar-refractivity contribution is 0.0984. The van der Waals surface area contributed by atoms with Gasteiger partial charge in [0.05, 0.1) is 11.3 Å². The number of Topliss-reactive ketones (excluding diaryl/α,β-unsaturated/α-hetero) is 1. The van der Waals surface area contributed by atoms with Crippen LogP contribution in [0.15, 0.2) is 42.7 Å². The fraction of sp³-hybridized carbons (Fsp3) is 0.263. The van der Waals surface area contributed by atoms with Crippen LogP contribution in [0.3, 0.4) is 0 Å². The first-order valence-corrected chi connectivity index (χ1v) is 8.67. The summed E-state index contributed by atoms with van der Waals surface area (Å²) >= 11 is 0.